The number of hydrogen-bond donors (Lipinski definition) is 0. The third kappa shape index (κ3) is 3.28. The number of ether oxygens (including phenoxy) is 1. The second-order valence-corrected chi connectivity index (χ2v) is 21.7. The minimum atomic E-state index is -2.08. The number of aryl methyl sites for hydroxylation is 2. The Labute approximate surface area is 169 Å². The fourth-order valence-corrected chi connectivity index (χ4v) is 7.26. The molecule has 0 spiro atoms. The summed E-state index contributed by atoms with van der Waals surface area (Å²) < 4.78 is 6.64. The topological polar surface area (TPSA) is 9.23 Å². The molecule has 0 fully saturated rings. The van der Waals surface area contributed by atoms with Crippen molar-refractivity contribution in [2.24, 2.45) is 0 Å². The normalized spacial score (nSPS) is 15.9. The van der Waals surface area contributed by atoms with Crippen molar-refractivity contribution in [1.82, 2.24) is 0 Å². The minimum Gasteiger partial charge on any atom is -0.457 e. The average molecular weight is 424 g/mol. The van der Waals surface area contributed by atoms with Gasteiger partial charge in [0.25, 0.3) is 0 Å². The van der Waals surface area contributed by atoms with Crippen LogP contribution in [0.3, 0.4) is 0 Å². The van der Waals surface area contributed by atoms with Crippen LogP contribution in [-0.4, -0.2) is 14.8 Å². The largest absolute Gasteiger partial charge is 0.457 e. The standard InChI is InChI=1S/C21H28Cl2OSi2/c1-13-9-15-19(17(11-13)25(5,6)22)24-20-16(21(15,3)4)10-14(2)12-18(20)26(7,8)23/h9-12H,1-8H3. The van der Waals surface area contributed by atoms with Gasteiger partial charge in [0.2, 0.25) is 0 Å². The molecule has 0 N–H and O–H groups in total. The van der Waals surface area contributed by atoms with Crippen LogP contribution in [0.4, 0.5) is 0 Å². The Hall–Kier alpha value is -0.746. The summed E-state index contributed by atoms with van der Waals surface area (Å²) in [5.41, 5.74) is 4.77. The zero-order chi connectivity index (χ0) is 19.7. The van der Waals surface area contributed by atoms with Crippen LogP contribution in [0.5, 0.6) is 11.5 Å². The highest BCUT2D eigenvalue weighted by Crippen LogP contribution is 2.48. The fraction of sp³-hybridized carbons (Fsp3) is 0.429. The molecule has 2 aromatic rings. The molecule has 0 radical (unpaired) electrons. The molecule has 1 nitrogen and oxygen atoms in total. The molecule has 140 valence electrons. The van der Waals surface area contributed by atoms with Gasteiger partial charge < -0.3 is 4.74 Å². The monoisotopic (exact) mass is 422 g/mol. The summed E-state index contributed by atoms with van der Waals surface area (Å²) in [4.78, 5) is 0. The molecule has 26 heavy (non-hydrogen) atoms. The molecule has 1 aliphatic rings. The Balaban J connectivity index is 2.39. The fourth-order valence-electron chi connectivity index (χ4n) is 3.83. The Bertz CT molecular complexity index is 819. The van der Waals surface area contributed by atoms with Gasteiger partial charge in [0.15, 0.2) is 14.8 Å². The van der Waals surface area contributed by atoms with Crippen LogP contribution >= 0.6 is 22.2 Å². The molecule has 3 rings (SSSR count). The van der Waals surface area contributed by atoms with Crippen molar-refractivity contribution < 1.29 is 4.74 Å². The highest BCUT2D eigenvalue weighted by atomic mass is 35.6. The van der Waals surface area contributed by atoms with Crippen LogP contribution < -0.4 is 15.1 Å². The van der Waals surface area contributed by atoms with Crippen molar-refractivity contribution in [3.05, 3.63) is 46.5 Å². The van der Waals surface area contributed by atoms with E-state index in [0.717, 1.165) is 11.5 Å². The Kier molecular flexibility index (Phi) is 4.72. The van der Waals surface area contributed by atoms with Crippen molar-refractivity contribution in [3.8, 4) is 11.5 Å². The van der Waals surface area contributed by atoms with Gasteiger partial charge in [-0.2, -0.15) is 22.2 Å². The van der Waals surface area contributed by atoms with Crippen LogP contribution in [0.25, 0.3) is 0 Å². The summed E-state index contributed by atoms with van der Waals surface area (Å²) >= 11 is 13.8. The summed E-state index contributed by atoms with van der Waals surface area (Å²) in [5, 5.41) is 2.35. The molecule has 0 aromatic heterocycles. The molecule has 5 heteroatoms. The zero-order valence-corrected chi connectivity index (χ0v) is 20.5. The summed E-state index contributed by atoms with van der Waals surface area (Å²) in [5.74, 6) is 1.92. The van der Waals surface area contributed by atoms with Gasteiger partial charge in [-0.15, -0.1) is 0 Å². The molecule has 0 unspecified atom stereocenters. The highest BCUT2D eigenvalue weighted by Gasteiger charge is 2.41. The number of halogens is 2. The first-order valence-corrected chi connectivity index (χ1v) is 17.1. The van der Waals surface area contributed by atoms with Gasteiger partial charge in [-0.05, 0) is 24.2 Å². The van der Waals surface area contributed by atoms with Gasteiger partial charge in [0.05, 0.1) is 0 Å². The molecule has 2 aromatic carbocycles. The van der Waals surface area contributed by atoms with Crippen molar-refractivity contribution in [2.45, 2.75) is 59.3 Å². The molecule has 0 saturated carbocycles. The molecule has 1 heterocycles. The molecule has 0 aliphatic carbocycles. The molecular weight excluding hydrogens is 395 g/mol. The molecule has 0 amide bonds. The van der Waals surface area contributed by atoms with E-state index < -0.39 is 14.8 Å². The van der Waals surface area contributed by atoms with Crippen molar-refractivity contribution >= 4 is 47.3 Å². The lowest BCUT2D eigenvalue weighted by atomic mass is 9.75. The Morgan fingerprint density at radius 3 is 1.38 bits per heavy atom. The number of hydrogen-bond acceptors (Lipinski definition) is 1. The van der Waals surface area contributed by atoms with E-state index in [1.165, 1.54) is 32.6 Å². The summed E-state index contributed by atoms with van der Waals surface area (Å²) in [7, 11) is -4.15. The number of benzene rings is 2. The van der Waals surface area contributed by atoms with E-state index in [2.05, 4.69) is 78.1 Å². The predicted molar refractivity (Wildman–Crippen MR) is 120 cm³/mol. The lowest BCUT2D eigenvalue weighted by molar-refractivity contribution is 0.423. The van der Waals surface area contributed by atoms with E-state index in [1.54, 1.807) is 0 Å². The first-order valence-electron chi connectivity index (χ1n) is 9.10. The maximum atomic E-state index is 6.88. The van der Waals surface area contributed by atoms with Crippen LogP contribution in [0.1, 0.15) is 36.1 Å². The van der Waals surface area contributed by atoms with E-state index in [4.69, 9.17) is 26.9 Å². The number of fused-ring (bicyclic) bond motifs is 2. The van der Waals surface area contributed by atoms with E-state index in [-0.39, 0.29) is 5.41 Å². The van der Waals surface area contributed by atoms with Crippen LogP contribution in [-0.2, 0) is 5.41 Å². The van der Waals surface area contributed by atoms with Crippen molar-refractivity contribution in [3.63, 3.8) is 0 Å². The summed E-state index contributed by atoms with van der Waals surface area (Å²) in [6.07, 6.45) is 0. The van der Waals surface area contributed by atoms with Crippen LogP contribution in [0.15, 0.2) is 24.3 Å². The van der Waals surface area contributed by atoms with Gasteiger partial charge >= 0.3 is 0 Å². The van der Waals surface area contributed by atoms with Gasteiger partial charge in [0, 0.05) is 16.5 Å². The highest BCUT2D eigenvalue weighted by molar-refractivity contribution is 7.27. The Morgan fingerprint density at radius 2 is 1.08 bits per heavy atom. The summed E-state index contributed by atoms with van der Waals surface area (Å²) in [6.45, 7) is 17.5. The Morgan fingerprint density at radius 1 is 0.731 bits per heavy atom. The molecule has 1 aliphatic heterocycles. The quantitative estimate of drug-likeness (QED) is 0.423. The predicted octanol–water partition coefficient (Wildman–Crippen LogP) is 6.04. The lowest BCUT2D eigenvalue weighted by Gasteiger charge is -2.39. The van der Waals surface area contributed by atoms with Crippen molar-refractivity contribution in [1.29, 1.82) is 0 Å². The number of rotatable bonds is 2. The van der Waals surface area contributed by atoms with Gasteiger partial charge in [-0.3, -0.25) is 0 Å². The zero-order valence-electron chi connectivity index (χ0n) is 17.0. The SMILES string of the molecule is Cc1cc2c(c([Si](C)(C)Cl)c1)Oc1c(cc(C)cc1[Si](C)(C)Cl)C2(C)C. The molecule has 0 saturated heterocycles. The van der Waals surface area contributed by atoms with E-state index in [0.29, 0.717) is 0 Å². The first-order chi connectivity index (χ1) is 11.7. The average Bonchev–Trinajstić information content (AvgIpc) is 2.46. The third-order valence-corrected chi connectivity index (χ3v) is 9.82. The van der Waals surface area contributed by atoms with E-state index >= 15 is 0 Å². The minimum absolute atomic E-state index is 0.155. The second kappa shape index (κ2) is 6.13. The van der Waals surface area contributed by atoms with Crippen LogP contribution in [0.2, 0.25) is 26.2 Å². The molecule has 0 atom stereocenters. The maximum Gasteiger partial charge on any atom is 0.185 e. The second-order valence-electron chi connectivity index (χ2n) is 9.05. The molecular formula is C21H28Cl2OSi2. The van der Waals surface area contributed by atoms with Gasteiger partial charge in [-0.1, -0.05) is 75.4 Å². The van der Waals surface area contributed by atoms with Gasteiger partial charge in [-0.25, -0.2) is 0 Å². The van der Waals surface area contributed by atoms with E-state index in [1.807, 2.05) is 0 Å². The molecule has 0 bridgehead atoms. The van der Waals surface area contributed by atoms with Crippen LogP contribution in [0, 0.1) is 13.8 Å². The summed E-state index contributed by atoms with van der Waals surface area (Å²) in [6, 6.07) is 8.92. The third-order valence-electron chi connectivity index (χ3n) is 5.30. The van der Waals surface area contributed by atoms with Crippen molar-refractivity contribution in [2.75, 3.05) is 0 Å². The first kappa shape index (κ1) is 20.0. The van der Waals surface area contributed by atoms with Gasteiger partial charge in [0.1, 0.15) is 11.5 Å². The maximum absolute atomic E-state index is 6.88. The smallest absolute Gasteiger partial charge is 0.185 e. The van der Waals surface area contributed by atoms with E-state index in [9.17, 15) is 0 Å². The lowest BCUT2D eigenvalue weighted by Crippen LogP contribution is -2.43.